The van der Waals surface area contributed by atoms with Crippen LogP contribution in [0.1, 0.15) is 19.3 Å². The van der Waals surface area contributed by atoms with Crippen LogP contribution in [0.15, 0.2) is 0 Å². The van der Waals surface area contributed by atoms with Crippen LogP contribution in [0.3, 0.4) is 0 Å². The van der Waals surface area contributed by atoms with Crippen molar-refractivity contribution in [3.63, 3.8) is 0 Å². The Morgan fingerprint density at radius 1 is 1.60 bits per heavy atom. The van der Waals surface area contributed by atoms with E-state index < -0.39 is 11.1 Å². The summed E-state index contributed by atoms with van der Waals surface area (Å²) in [5.41, 5.74) is 0. The van der Waals surface area contributed by atoms with Crippen molar-refractivity contribution < 1.29 is 8.76 Å². The van der Waals surface area contributed by atoms with Gasteiger partial charge in [-0.05, 0) is 25.8 Å². The van der Waals surface area contributed by atoms with Crippen molar-refractivity contribution in [2.45, 2.75) is 25.3 Å². The highest BCUT2D eigenvalue weighted by Gasteiger charge is 2.19. The quantitative estimate of drug-likeness (QED) is 0.457. The molecule has 1 atom stereocenters. The molecule has 0 spiro atoms. The fourth-order valence-electron chi connectivity index (χ4n) is 0.784. The fourth-order valence-corrected chi connectivity index (χ4v) is 1.16. The molecule has 0 radical (unpaired) electrons. The van der Waals surface area contributed by atoms with Crippen LogP contribution in [0.5, 0.6) is 0 Å². The largest absolute Gasteiger partial charge is 0.772 e. The van der Waals surface area contributed by atoms with Gasteiger partial charge in [-0.15, -0.1) is 0 Å². The summed E-state index contributed by atoms with van der Waals surface area (Å²) in [5, 5.41) is 3.24. The van der Waals surface area contributed by atoms with Crippen LogP contribution in [-0.4, -0.2) is 27.1 Å². The third-order valence-corrected chi connectivity index (χ3v) is 2.12. The van der Waals surface area contributed by atoms with Gasteiger partial charge >= 0.3 is 0 Å². The monoisotopic (exact) mass is 162 g/mol. The van der Waals surface area contributed by atoms with E-state index in [1.54, 1.807) is 0 Å². The summed E-state index contributed by atoms with van der Waals surface area (Å²) in [5.74, 6) is 0.291. The van der Waals surface area contributed by atoms with E-state index in [9.17, 15) is 8.76 Å². The molecule has 3 nitrogen and oxygen atoms in total. The molecular weight excluding hydrogens is 150 g/mol. The van der Waals surface area contributed by atoms with Crippen molar-refractivity contribution in [1.82, 2.24) is 5.32 Å². The molecule has 1 rings (SSSR count). The summed E-state index contributed by atoms with van der Waals surface area (Å²) < 4.78 is 20.1. The van der Waals surface area contributed by atoms with Crippen molar-refractivity contribution in [1.29, 1.82) is 0 Å². The number of hydrogen-bond donors (Lipinski definition) is 1. The Morgan fingerprint density at radius 3 is 2.80 bits per heavy atom. The minimum Gasteiger partial charge on any atom is -0.772 e. The third-order valence-electron chi connectivity index (χ3n) is 1.50. The molecule has 0 amide bonds. The molecule has 10 heavy (non-hydrogen) atoms. The molecule has 0 aromatic carbocycles. The molecule has 1 aliphatic carbocycles. The predicted molar refractivity (Wildman–Crippen MR) is 39.4 cm³/mol. The van der Waals surface area contributed by atoms with Gasteiger partial charge in [0.15, 0.2) is 0 Å². The van der Waals surface area contributed by atoms with Gasteiger partial charge in [-0.25, -0.2) is 0 Å². The molecule has 0 bridgehead atoms. The topological polar surface area (TPSA) is 52.2 Å². The molecule has 1 aliphatic rings. The smallest absolute Gasteiger partial charge is 0.0114 e. The molecule has 0 aromatic heterocycles. The molecule has 0 heterocycles. The van der Waals surface area contributed by atoms with Gasteiger partial charge in [-0.1, -0.05) is 11.1 Å². The molecule has 60 valence electrons. The zero-order chi connectivity index (χ0) is 7.40. The molecule has 0 aliphatic heterocycles. The Morgan fingerprint density at radius 2 is 2.30 bits per heavy atom. The molecule has 1 fully saturated rings. The predicted octanol–water partition coefficient (Wildman–Crippen LogP) is 0.00760. The van der Waals surface area contributed by atoms with Crippen molar-refractivity contribution in [3.05, 3.63) is 0 Å². The fraction of sp³-hybridized carbons (Fsp3) is 1.00. The highest BCUT2D eigenvalue weighted by Crippen LogP contribution is 2.18. The van der Waals surface area contributed by atoms with E-state index in [-0.39, 0.29) is 0 Å². The first-order valence-electron chi connectivity index (χ1n) is 3.58. The van der Waals surface area contributed by atoms with E-state index in [1.807, 2.05) is 0 Å². The van der Waals surface area contributed by atoms with E-state index >= 15 is 0 Å². The molecular formula is C6H12NO2S-. The van der Waals surface area contributed by atoms with Crippen molar-refractivity contribution in [3.8, 4) is 0 Å². The van der Waals surface area contributed by atoms with E-state index in [1.165, 1.54) is 12.8 Å². The summed E-state index contributed by atoms with van der Waals surface area (Å²) in [4.78, 5) is 0. The van der Waals surface area contributed by atoms with Crippen LogP contribution in [0.2, 0.25) is 0 Å². The van der Waals surface area contributed by atoms with E-state index in [2.05, 4.69) is 5.32 Å². The van der Waals surface area contributed by atoms with Gasteiger partial charge < -0.3 is 9.87 Å². The summed E-state index contributed by atoms with van der Waals surface area (Å²) in [6.07, 6.45) is 3.27. The van der Waals surface area contributed by atoms with E-state index in [0.29, 0.717) is 11.8 Å². The van der Waals surface area contributed by atoms with Gasteiger partial charge in [0.2, 0.25) is 0 Å². The second kappa shape index (κ2) is 4.05. The van der Waals surface area contributed by atoms with Crippen LogP contribution >= 0.6 is 0 Å². The molecule has 1 N–H and O–H groups in total. The van der Waals surface area contributed by atoms with Crippen LogP contribution < -0.4 is 5.32 Å². The maximum atomic E-state index is 10.0. The Bertz CT molecular complexity index is 125. The minimum atomic E-state index is -1.85. The summed E-state index contributed by atoms with van der Waals surface area (Å²) in [7, 11) is 0. The van der Waals surface area contributed by atoms with Gasteiger partial charge in [0, 0.05) is 11.8 Å². The van der Waals surface area contributed by atoms with Gasteiger partial charge in [-0.3, -0.25) is 4.21 Å². The van der Waals surface area contributed by atoms with Gasteiger partial charge in [0.05, 0.1) is 0 Å². The maximum absolute atomic E-state index is 10.0. The molecule has 0 aromatic rings. The standard InChI is InChI=1S/C6H13NO2S/c8-10(9)5-1-4-7-6-2-3-6/h6-7H,1-5H2,(H,8,9)/p-1. The summed E-state index contributed by atoms with van der Waals surface area (Å²) in [6.45, 7) is 0.846. The van der Waals surface area contributed by atoms with Gasteiger partial charge in [0.25, 0.3) is 0 Å². The Balaban J connectivity index is 1.80. The second-order valence-electron chi connectivity index (χ2n) is 2.59. The van der Waals surface area contributed by atoms with Crippen molar-refractivity contribution in [2.75, 3.05) is 12.3 Å². The molecule has 4 heteroatoms. The first-order valence-corrected chi connectivity index (χ1v) is 4.82. The molecule has 1 unspecified atom stereocenters. The number of nitrogens with one attached hydrogen (secondary N) is 1. The average Bonchev–Trinajstić information content (AvgIpc) is 2.62. The maximum Gasteiger partial charge on any atom is 0.0114 e. The van der Waals surface area contributed by atoms with E-state index in [0.717, 1.165) is 13.0 Å². The summed E-state index contributed by atoms with van der Waals surface area (Å²) >= 11 is -1.85. The van der Waals surface area contributed by atoms with Crippen LogP contribution in [0.25, 0.3) is 0 Å². The third kappa shape index (κ3) is 3.98. The highest BCUT2D eigenvalue weighted by atomic mass is 32.2. The lowest BCUT2D eigenvalue weighted by Crippen LogP contribution is -2.19. The SMILES string of the molecule is O=S([O-])CCCNC1CC1. The second-order valence-corrected chi connectivity index (χ2v) is 3.61. The molecule has 1 saturated carbocycles. The van der Waals surface area contributed by atoms with Crippen LogP contribution in [-0.2, 0) is 11.1 Å². The number of rotatable bonds is 5. The van der Waals surface area contributed by atoms with Gasteiger partial charge in [-0.2, -0.15) is 0 Å². The normalized spacial score (nSPS) is 20.9. The first-order chi connectivity index (χ1) is 4.79. The van der Waals surface area contributed by atoms with Gasteiger partial charge in [0.1, 0.15) is 0 Å². The number of hydrogen-bond acceptors (Lipinski definition) is 3. The lowest BCUT2D eigenvalue weighted by atomic mass is 10.5. The Labute approximate surface area is 63.5 Å². The lowest BCUT2D eigenvalue weighted by Gasteiger charge is -2.04. The first kappa shape index (κ1) is 8.17. The van der Waals surface area contributed by atoms with Crippen molar-refractivity contribution in [2.24, 2.45) is 0 Å². The highest BCUT2D eigenvalue weighted by molar-refractivity contribution is 7.79. The van der Waals surface area contributed by atoms with Crippen molar-refractivity contribution >= 4 is 11.1 Å². The molecule has 0 saturated heterocycles. The zero-order valence-corrected chi connectivity index (χ0v) is 6.65. The van der Waals surface area contributed by atoms with Crippen LogP contribution in [0.4, 0.5) is 0 Å². The average molecular weight is 162 g/mol. The Hall–Kier alpha value is 0.0700. The zero-order valence-electron chi connectivity index (χ0n) is 5.84. The van der Waals surface area contributed by atoms with Crippen LogP contribution in [0, 0.1) is 0 Å². The lowest BCUT2D eigenvalue weighted by molar-refractivity contribution is 0.532. The Kier molecular flexibility index (Phi) is 3.31. The summed E-state index contributed by atoms with van der Waals surface area (Å²) in [6, 6.07) is 0.695. The minimum absolute atomic E-state index is 0.291. The van der Waals surface area contributed by atoms with E-state index in [4.69, 9.17) is 0 Å².